The minimum atomic E-state index is -0.186. The van der Waals surface area contributed by atoms with Crippen LogP contribution in [0, 0.1) is 0 Å². The van der Waals surface area contributed by atoms with Crippen LogP contribution in [0.1, 0.15) is 42.1 Å². The third-order valence-corrected chi connectivity index (χ3v) is 6.04. The average Bonchev–Trinajstić information content (AvgIpc) is 3.50. The van der Waals surface area contributed by atoms with E-state index in [1.165, 1.54) is 0 Å². The van der Waals surface area contributed by atoms with Gasteiger partial charge in [0.1, 0.15) is 5.65 Å². The van der Waals surface area contributed by atoms with Crippen molar-refractivity contribution in [2.45, 2.75) is 26.2 Å². The zero-order valence-electron chi connectivity index (χ0n) is 18.9. The summed E-state index contributed by atoms with van der Waals surface area (Å²) >= 11 is 0. The number of amides is 1. The second kappa shape index (κ2) is 9.31. The topological polar surface area (TPSA) is 92.7 Å². The molecule has 0 saturated carbocycles. The fourth-order valence-electron chi connectivity index (χ4n) is 4.24. The minimum Gasteiger partial charge on any atom is -0.345 e. The van der Waals surface area contributed by atoms with Crippen LogP contribution in [0.5, 0.6) is 0 Å². The van der Waals surface area contributed by atoms with Crippen molar-refractivity contribution in [2.24, 2.45) is 0 Å². The van der Waals surface area contributed by atoms with Crippen LogP contribution >= 0.6 is 0 Å². The number of pyridine rings is 2. The molecule has 0 atom stereocenters. The van der Waals surface area contributed by atoms with Crippen LogP contribution in [-0.4, -0.2) is 37.9 Å². The molecule has 0 spiro atoms. The summed E-state index contributed by atoms with van der Waals surface area (Å²) in [6.45, 7) is 2.76. The van der Waals surface area contributed by atoms with Gasteiger partial charge in [-0.25, -0.2) is 9.78 Å². The molecule has 0 fully saturated rings. The third-order valence-electron chi connectivity index (χ3n) is 6.04. The van der Waals surface area contributed by atoms with Gasteiger partial charge in [0.2, 0.25) is 0 Å². The van der Waals surface area contributed by atoms with Gasteiger partial charge in [0.05, 0.1) is 5.52 Å². The molecule has 170 valence electrons. The van der Waals surface area contributed by atoms with E-state index in [2.05, 4.69) is 27.2 Å². The smallest absolute Gasteiger partial charge is 0.326 e. The largest absolute Gasteiger partial charge is 0.345 e. The molecule has 0 aliphatic carbocycles. The number of nitrogens with one attached hydrogen (secondary N) is 2. The lowest BCUT2D eigenvalue weighted by Gasteiger charge is -2.08. The SMILES string of the molecule is CCCCCNC(=O)n1ccc2c(C(=O)c3c[nH]c4ncc(-c5ccncc5)cc34)cccc21. The number of nitrogens with zero attached hydrogens (tertiary/aromatic N) is 3. The van der Waals surface area contributed by atoms with E-state index >= 15 is 0 Å². The Bertz CT molecular complexity index is 1480. The molecule has 4 heterocycles. The van der Waals surface area contributed by atoms with E-state index in [1.807, 2.05) is 36.4 Å². The van der Waals surface area contributed by atoms with Crippen LogP contribution in [0.15, 0.2) is 73.4 Å². The molecule has 4 aromatic heterocycles. The van der Waals surface area contributed by atoms with Gasteiger partial charge in [-0.1, -0.05) is 31.9 Å². The number of rotatable bonds is 7. The Balaban J connectivity index is 1.49. The maximum absolute atomic E-state index is 13.6. The summed E-state index contributed by atoms with van der Waals surface area (Å²) in [5.74, 6) is -0.119. The van der Waals surface area contributed by atoms with Gasteiger partial charge in [-0.05, 0) is 42.3 Å². The molecule has 1 aromatic carbocycles. The van der Waals surface area contributed by atoms with Gasteiger partial charge in [0.25, 0.3) is 0 Å². The summed E-state index contributed by atoms with van der Waals surface area (Å²) in [5, 5.41) is 4.45. The summed E-state index contributed by atoms with van der Waals surface area (Å²) in [7, 11) is 0. The van der Waals surface area contributed by atoms with E-state index in [0.29, 0.717) is 28.8 Å². The zero-order chi connectivity index (χ0) is 23.5. The number of hydrogen-bond donors (Lipinski definition) is 2. The number of carbonyl (C=O) groups is 2. The Morgan fingerprint density at radius 3 is 2.68 bits per heavy atom. The zero-order valence-corrected chi connectivity index (χ0v) is 18.9. The standard InChI is InChI=1S/C27H25N5O2/c1-2-3-4-11-29-27(34)32-14-10-20-21(6-5-7-24(20)32)25(33)23-17-31-26-22(23)15-19(16-30-26)18-8-12-28-13-9-18/h5-10,12-17H,2-4,11H2,1H3,(H,29,34)(H,30,31). The van der Waals surface area contributed by atoms with Crippen LogP contribution in [0.3, 0.4) is 0 Å². The monoisotopic (exact) mass is 451 g/mol. The van der Waals surface area contributed by atoms with Crippen LogP contribution in [0.25, 0.3) is 33.1 Å². The fourth-order valence-corrected chi connectivity index (χ4v) is 4.24. The van der Waals surface area contributed by atoms with Crippen molar-refractivity contribution >= 4 is 33.8 Å². The fraction of sp³-hybridized carbons (Fsp3) is 0.185. The van der Waals surface area contributed by atoms with Crippen LogP contribution in [0.4, 0.5) is 4.79 Å². The van der Waals surface area contributed by atoms with Crippen LogP contribution in [0.2, 0.25) is 0 Å². The van der Waals surface area contributed by atoms with Gasteiger partial charge in [0.15, 0.2) is 5.78 Å². The van der Waals surface area contributed by atoms with E-state index < -0.39 is 0 Å². The van der Waals surface area contributed by atoms with Crippen LogP contribution in [-0.2, 0) is 0 Å². The van der Waals surface area contributed by atoms with Crippen molar-refractivity contribution in [3.05, 3.63) is 84.6 Å². The van der Waals surface area contributed by atoms with Crippen molar-refractivity contribution in [3.63, 3.8) is 0 Å². The number of aromatic nitrogens is 4. The summed E-state index contributed by atoms with van der Waals surface area (Å²) < 4.78 is 1.57. The van der Waals surface area contributed by atoms with Crippen molar-refractivity contribution in [1.29, 1.82) is 0 Å². The molecule has 0 saturated heterocycles. The molecular formula is C27H25N5O2. The molecule has 0 bridgehead atoms. The molecule has 7 nitrogen and oxygen atoms in total. The number of fused-ring (bicyclic) bond motifs is 2. The predicted molar refractivity (Wildman–Crippen MR) is 133 cm³/mol. The predicted octanol–water partition coefficient (Wildman–Crippen LogP) is 5.56. The van der Waals surface area contributed by atoms with Crippen molar-refractivity contribution in [3.8, 4) is 11.1 Å². The van der Waals surface area contributed by atoms with Crippen LogP contribution < -0.4 is 5.32 Å². The molecular weight excluding hydrogens is 426 g/mol. The molecule has 7 heteroatoms. The van der Waals surface area contributed by atoms with E-state index in [1.54, 1.807) is 41.6 Å². The maximum Gasteiger partial charge on any atom is 0.326 e. The highest BCUT2D eigenvalue weighted by atomic mass is 16.2. The second-order valence-electron chi connectivity index (χ2n) is 8.25. The highest BCUT2D eigenvalue weighted by Crippen LogP contribution is 2.28. The van der Waals surface area contributed by atoms with E-state index in [9.17, 15) is 9.59 Å². The average molecular weight is 452 g/mol. The van der Waals surface area contributed by atoms with Crippen molar-refractivity contribution < 1.29 is 9.59 Å². The summed E-state index contributed by atoms with van der Waals surface area (Å²) in [6.07, 6.45) is 11.8. The number of hydrogen-bond acceptors (Lipinski definition) is 4. The number of H-pyrrole nitrogens is 1. The molecule has 0 aliphatic rings. The molecule has 5 aromatic rings. The maximum atomic E-state index is 13.6. The van der Waals surface area contributed by atoms with Gasteiger partial charge in [-0.3, -0.25) is 14.3 Å². The minimum absolute atomic E-state index is 0.119. The Morgan fingerprint density at radius 2 is 1.85 bits per heavy atom. The first kappa shape index (κ1) is 21.6. The highest BCUT2D eigenvalue weighted by Gasteiger charge is 2.20. The van der Waals surface area contributed by atoms with E-state index in [4.69, 9.17) is 0 Å². The molecule has 34 heavy (non-hydrogen) atoms. The summed E-state index contributed by atoms with van der Waals surface area (Å²) in [6, 6.07) is 12.9. The molecule has 1 amide bonds. The molecule has 0 aliphatic heterocycles. The number of ketones is 1. The molecule has 5 rings (SSSR count). The molecule has 2 N–H and O–H groups in total. The van der Waals surface area contributed by atoms with Gasteiger partial charge < -0.3 is 10.3 Å². The van der Waals surface area contributed by atoms with Crippen molar-refractivity contribution in [2.75, 3.05) is 6.54 Å². The van der Waals surface area contributed by atoms with Gasteiger partial charge in [-0.15, -0.1) is 0 Å². The Hall–Kier alpha value is -4.26. The van der Waals surface area contributed by atoms with E-state index in [-0.39, 0.29) is 11.8 Å². The lowest BCUT2D eigenvalue weighted by atomic mass is 9.99. The number of carbonyl (C=O) groups excluding carboxylic acids is 2. The number of benzene rings is 1. The lowest BCUT2D eigenvalue weighted by Crippen LogP contribution is -2.28. The molecule has 0 radical (unpaired) electrons. The van der Waals surface area contributed by atoms with Gasteiger partial charge >= 0.3 is 6.03 Å². The third kappa shape index (κ3) is 3.96. The first-order valence-electron chi connectivity index (χ1n) is 11.5. The second-order valence-corrected chi connectivity index (χ2v) is 8.25. The summed E-state index contributed by atoms with van der Waals surface area (Å²) in [4.78, 5) is 38.0. The normalized spacial score (nSPS) is 11.2. The Morgan fingerprint density at radius 1 is 1.00 bits per heavy atom. The van der Waals surface area contributed by atoms with Gasteiger partial charge in [0, 0.05) is 65.0 Å². The van der Waals surface area contributed by atoms with E-state index in [0.717, 1.165) is 41.2 Å². The number of unbranched alkanes of at least 4 members (excludes halogenated alkanes) is 2. The Labute approximate surface area is 196 Å². The summed E-state index contributed by atoms with van der Waals surface area (Å²) in [5.41, 5.74) is 4.33. The highest BCUT2D eigenvalue weighted by molar-refractivity contribution is 6.21. The first-order chi connectivity index (χ1) is 16.7. The Kier molecular flexibility index (Phi) is 5.91. The van der Waals surface area contributed by atoms with Gasteiger partial charge in [-0.2, -0.15) is 0 Å². The van der Waals surface area contributed by atoms with Crippen molar-refractivity contribution in [1.82, 2.24) is 24.8 Å². The number of aromatic amines is 1. The first-order valence-corrected chi connectivity index (χ1v) is 11.5. The quantitative estimate of drug-likeness (QED) is 0.250. The molecule has 0 unspecified atom stereocenters. The lowest BCUT2D eigenvalue weighted by molar-refractivity contribution is 0.104.